The highest BCUT2D eigenvalue weighted by Gasteiger charge is 2.14. The number of carbonyl (C=O) groups excluding carboxylic acids is 1. The summed E-state index contributed by atoms with van der Waals surface area (Å²) in [7, 11) is 0. The second-order valence-electron chi connectivity index (χ2n) is 5.21. The van der Waals surface area contributed by atoms with E-state index in [2.05, 4.69) is 15.5 Å². The Hall–Kier alpha value is -3.09. The Labute approximate surface area is 131 Å². The van der Waals surface area contributed by atoms with Crippen LogP contribution in [0.2, 0.25) is 0 Å². The quantitative estimate of drug-likeness (QED) is 0.784. The molecule has 0 atom stereocenters. The number of carbonyl (C=O) groups is 1. The standard InChI is InChI=1S/C16H14N4O3/c1-10-18-19-15-5-2-11(9-20(10)15)16(21)17-12-3-4-13-14(8-12)23-7-6-22-13/h2-5,8-9H,6-7H2,1H3,(H,17,21). The molecule has 1 aliphatic rings. The van der Waals surface area contributed by atoms with Crippen LogP contribution in [0.1, 0.15) is 16.2 Å². The zero-order valence-electron chi connectivity index (χ0n) is 12.4. The molecule has 0 bridgehead atoms. The topological polar surface area (TPSA) is 77.8 Å². The van der Waals surface area contributed by atoms with Crippen molar-refractivity contribution >= 4 is 17.2 Å². The molecule has 116 valence electrons. The van der Waals surface area contributed by atoms with Crippen LogP contribution >= 0.6 is 0 Å². The molecule has 0 aliphatic carbocycles. The zero-order chi connectivity index (χ0) is 15.8. The second-order valence-corrected chi connectivity index (χ2v) is 5.21. The van der Waals surface area contributed by atoms with Crippen LogP contribution in [0.3, 0.4) is 0 Å². The lowest BCUT2D eigenvalue weighted by Gasteiger charge is -2.19. The highest BCUT2D eigenvalue weighted by molar-refractivity contribution is 6.04. The van der Waals surface area contributed by atoms with Crippen molar-refractivity contribution < 1.29 is 14.3 Å². The molecule has 23 heavy (non-hydrogen) atoms. The summed E-state index contributed by atoms with van der Waals surface area (Å²) < 4.78 is 12.8. The molecule has 1 aliphatic heterocycles. The van der Waals surface area contributed by atoms with Gasteiger partial charge in [-0.15, -0.1) is 10.2 Å². The molecule has 1 aromatic carbocycles. The third kappa shape index (κ3) is 2.46. The maximum atomic E-state index is 12.4. The van der Waals surface area contributed by atoms with Gasteiger partial charge < -0.3 is 14.8 Å². The van der Waals surface area contributed by atoms with E-state index in [4.69, 9.17) is 9.47 Å². The van der Waals surface area contributed by atoms with Crippen LogP contribution in [0.5, 0.6) is 11.5 Å². The predicted octanol–water partition coefficient (Wildman–Crippen LogP) is 2.06. The molecule has 1 N–H and O–H groups in total. The number of nitrogens with one attached hydrogen (secondary N) is 1. The van der Waals surface area contributed by atoms with Gasteiger partial charge in [0.15, 0.2) is 17.1 Å². The van der Waals surface area contributed by atoms with Crippen LogP contribution in [0.25, 0.3) is 5.65 Å². The fraction of sp³-hybridized carbons (Fsp3) is 0.188. The van der Waals surface area contributed by atoms with Gasteiger partial charge in [-0.3, -0.25) is 9.20 Å². The van der Waals surface area contributed by atoms with Crippen LogP contribution in [-0.4, -0.2) is 33.7 Å². The summed E-state index contributed by atoms with van der Waals surface area (Å²) in [5.41, 5.74) is 1.88. The number of fused-ring (bicyclic) bond motifs is 2. The summed E-state index contributed by atoms with van der Waals surface area (Å²) in [4.78, 5) is 12.4. The van der Waals surface area contributed by atoms with Gasteiger partial charge in [0.25, 0.3) is 5.91 Å². The van der Waals surface area contributed by atoms with Crippen LogP contribution in [0.15, 0.2) is 36.5 Å². The predicted molar refractivity (Wildman–Crippen MR) is 83.1 cm³/mol. The normalized spacial score (nSPS) is 13.1. The van der Waals surface area contributed by atoms with Crippen molar-refractivity contribution in [3.8, 4) is 11.5 Å². The highest BCUT2D eigenvalue weighted by atomic mass is 16.6. The molecule has 3 heterocycles. The minimum Gasteiger partial charge on any atom is -0.486 e. The van der Waals surface area contributed by atoms with Gasteiger partial charge in [-0.25, -0.2) is 0 Å². The van der Waals surface area contributed by atoms with Crippen molar-refractivity contribution in [1.29, 1.82) is 0 Å². The first kappa shape index (κ1) is 13.6. The van der Waals surface area contributed by atoms with Gasteiger partial charge in [0, 0.05) is 18.0 Å². The van der Waals surface area contributed by atoms with Gasteiger partial charge in [-0.1, -0.05) is 0 Å². The summed E-state index contributed by atoms with van der Waals surface area (Å²) in [5.74, 6) is 1.85. The van der Waals surface area contributed by atoms with Crippen LogP contribution < -0.4 is 14.8 Å². The molecule has 0 fully saturated rings. The number of nitrogens with zero attached hydrogens (tertiary/aromatic N) is 3. The Morgan fingerprint density at radius 2 is 1.96 bits per heavy atom. The van der Waals surface area contributed by atoms with Crippen LogP contribution in [0.4, 0.5) is 5.69 Å². The van der Waals surface area contributed by atoms with E-state index >= 15 is 0 Å². The third-order valence-electron chi connectivity index (χ3n) is 3.64. The van der Waals surface area contributed by atoms with Crippen molar-refractivity contribution in [2.45, 2.75) is 6.92 Å². The van der Waals surface area contributed by atoms with E-state index in [0.29, 0.717) is 41.6 Å². The van der Waals surface area contributed by atoms with Crippen LogP contribution in [0, 0.1) is 6.92 Å². The average Bonchev–Trinajstić information content (AvgIpc) is 2.95. The minimum absolute atomic E-state index is 0.211. The number of aryl methyl sites for hydroxylation is 1. The summed E-state index contributed by atoms with van der Waals surface area (Å²) in [6.45, 7) is 2.88. The van der Waals surface area contributed by atoms with E-state index < -0.39 is 0 Å². The maximum Gasteiger partial charge on any atom is 0.257 e. The molecule has 4 rings (SSSR count). The summed E-state index contributed by atoms with van der Waals surface area (Å²) in [5, 5.41) is 10.8. The van der Waals surface area contributed by atoms with Gasteiger partial charge in [-0.05, 0) is 31.2 Å². The lowest BCUT2D eigenvalue weighted by molar-refractivity contribution is 0.102. The Balaban J connectivity index is 1.60. The minimum atomic E-state index is -0.211. The molecule has 2 aromatic heterocycles. The second kappa shape index (κ2) is 5.28. The largest absolute Gasteiger partial charge is 0.486 e. The first-order valence-corrected chi connectivity index (χ1v) is 7.23. The Bertz CT molecular complexity index is 903. The lowest BCUT2D eigenvalue weighted by atomic mass is 10.2. The molecule has 7 heteroatoms. The molecule has 7 nitrogen and oxygen atoms in total. The third-order valence-corrected chi connectivity index (χ3v) is 3.64. The number of hydrogen-bond donors (Lipinski definition) is 1. The number of benzene rings is 1. The van der Waals surface area contributed by atoms with E-state index in [1.54, 1.807) is 40.9 Å². The number of amides is 1. The zero-order valence-corrected chi connectivity index (χ0v) is 12.4. The fourth-order valence-electron chi connectivity index (χ4n) is 2.46. The van der Waals surface area contributed by atoms with E-state index in [-0.39, 0.29) is 5.91 Å². The SMILES string of the molecule is Cc1nnc2ccc(C(=O)Nc3ccc4c(c3)OCCO4)cn12. The number of aromatic nitrogens is 3. The molecular formula is C16H14N4O3. The summed E-state index contributed by atoms with van der Waals surface area (Å²) >= 11 is 0. The van der Waals surface area contributed by atoms with E-state index in [1.807, 2.05) is 6.92 Å². The average molecular weight is 310 g/mol. The van der Waals surface area contributed by atoms with E-state index in [0.717, 1.165) is 5.82 Å². The highest BCUT2D eigenvalue weighted by Crippen LogP contribution is 2.32. The Kier molecular flexibility index (Phi) is 3.11. The molecule has 0 radical (unpaired) electrons. The van der Waals surface area contributed by atoms with E-state index in [1.165, 1.54) is 0 Å². The van der Waals surface area contributed by atoms with Gasteiger partial charge in [0.2, 0.25) is 0 Å². The molecule has 0 saturated carbocycles. The number of rotatable bonds is 2. The van der Waals surface area contributed by atoms with Crippen molar-refractivity contribution in [1.82, 2.24) is 14.6 Å². The van der Waals surface area contributed by atoms with Gasteiger partial charge in [-0.2, -0.15) is 0 Å². The lowest BCUT2D eigenvalue weighted by Crippen LogP contribution is -2.16. The van der Waals surface area contributed by atoms with Gasteiger partial charge in [0.05, 0.1) is 5.56 Å². The summed E-state index contributed by atoms with van der Waals surface area (Å²) in [6.07, 6.45) is 1.72. The molecule has 3 aromatic rings. The molecule has 0 saturated heterocycles. The van der Waals surface area contributed by atoms with Gasteiger partial charge in [0.1, 0.15) is 19.0 Å². The smallest absolute Gasteiger partial charge is 0.257 e. The maximum absolute atomic E-state index is 12.4. The summed E-state index contributed by atoms with van der Waals surface area (Å²) in [6, 6.07) is 8.82. The van der Waals surface area contributed by atoms with Crippen molar-refractivity contribution in [3.05, 3.63) is 47.9 Å². The van der Waals surface area contributed by atoms with Gasteiger partial charge >= 0.3 is 0 Å². The Morgan fingerprint density at radius 1 is 1.13 bits per heavy atom. The molecule has 0 unspecified atom stereocenters. The van der Waals surface area contributed by atoms with Crippen molar-refractivity contribution in [2.75, 3.05) is 18.5 Å². The molecule has 0 spiro atoms. The number of anilines is 1. The van der Waals surface area contributed by atoms with Crippen molar-refractivity contribution in [2.24, 2.45) is 0 Å². The number of hydrogen-bond acceptors (Lipinski definition) is 5. The fourth-order valence-corrected chi connectivity index (χ4v) is 2.46. The number of ether oxygens (including phenoxy) is 2. The van der Waals surface area contributed by atoms with Crippen molar-refractivity contribution in [3.63, 3.8) is 0 Å². The first-order chi connectivity index (χ1) is 11.2. The monoisotopic (exact) mass is 310 g/mol. The van der Waals surface area contributed by atoms with E-state index in [9.17, 15) is 4.79 Å². The first-order valence-electron chi connectivity index (χ1n) is 7.23. The van der Waals surface area contributed by atoms with Crippen LogP contribution in [-0.2, 0) is 0 Å². The molecule has 1 amide bonds. The molecular weight excluding hydrogens is 296 g/mol. The number of pyridine rings is 1. The Morgan fingerprint density at radius 3 is 2.83 bits per heavy atom.